The van der Waals surface area contributed by atoms with Gasteiger partial charge in [0.2, 0.25) is 10.1 Å². The molecule has 8 heteroatoms. The maximum Gasteiger partial charge on any atom is 0.275 e. The average Bonchev–Trinajstić information content (AvgIpc) is 3.16. The van der Waals surface area contributed by atoms with Gasteiger partial charge in [-0.05, 0) is 56.5 Å². The molecule has 29 heavy (non-hydrogen) atoms. The summed E-state index contributed by atoms with van der Waals surface area (Å²) in [6.07, 6.45) is 3.07. The summed E-state index contributed by atoms with van der Waals surface area (Å²) in [5, 5.41) is 8.64. The van der Waals surface area contributed by atoms with E-state index in [-0.39, 0.29) is 5.56 Å². The standard InChI is InChI=1S/C21H27N5O2S/c1-4-16-12-18(27)26-21(23-16)29-20(24-26)22-13-15-6-5-11-25(2)19(15)14-7-9-17(28-3)10-8-14/h7-10,12,15,19H,4-6,11,13H2,1-3H3,(H,22,24). The summed E-state index contributed by atoms with van der Waals surface area (Å²) in [5.41, 5.74) is 1.98. The van der Waals surface area contributed by atoms with Crippen molar-refractivity contribution in [3.63, 3.8) is 0 Å². The molecule has 4 rings (SSSR count). The number of fused-ring (bicyclic) bond motifs is 1. The lowest BCUT2D eigenvalue weighted by atomic mass is 9.85. The molecule has 1 N–H and O–H groups in total. The first-order valence-corrected chi connectivity index (χ1v) is 10.9. The normalized spacial score (nSPS) is 20.1. The second-order valence-corrected chi connectivity index (χ2v) is 8.48. The summed E-state index contributed by atoms with van der Waals surface area (Å²) >= 11 is 1.43. The van der Waals surface area contributed by atoms with Crippen molar-refractivity contribution in [1.82, 2.24) is 19.5 Å². The number of rotatable bonds is 6. The van der Waals surface area contributed by atoms with Gasteiger partial charge in [-0.2, -0.15) is 4.52 Å². The Morgan fingerprint density at radius 3 is 2.83 bits per heavy atom. The molecule has 0 aliphatic carbocycles. The SMILES string of the molecule is CCc1cc(=O)n2nc(NCC3CCCN(C)C3c3ccc(OC)cc3)sc2n1. The minimum Gasteiger partial charge on any atom is -0.497 e. The monoisotopic (exact) mass is 413 g/mol. The van der Waals surface area contributed by atoms with E-state index < -0.39 is 0 Å². The van der Waals surface area contributed by atoms with Crippen LogP contribution in [0, 0.1) is 5.92 Å². The first-order valence-electron chi connectivity index (χ1n) is 10.1. The van der Waals surface area contributed by atoms with Gasteiger partial charge in [-0.3, -0.25) is 9.69 Å². The Kier molecular flexibility index (Phi) is 5.82. The van der Waals surface area contributed by atoms with Crippen LogP contribution in [0.25, 0.3) is 4.96 Å². The summed E-state index contributed by atoms with van der Waals surface area (Å²) in [7, 11) is 3.88. The Labute approximate surface area is 174 Å². The van der Waals surface area contributed by atoms with Crippen LogP contribution in [0.1, 0.15) is 37.1 Å². The van der Waals surface area contributed by atoms with Gasteiger partial charge in [-0.25, -0.2) is 4.98 Å². The summed E-state index contributed by atoms with van der Waals surface area (Å²) in [4.78, 5) is 19.8. The van der Waals surface area contributed by atoms with Crippen LogP contribution >= 0.6 is 11.3 Å². The predicted octanol–water partition coefficient (Wildman–Crippen LogP) is 3.22. The van der Waals surface area contributed by atoms with Crippen LogP contribution in [-0.2, 0) is 6.42 Å². The molecule has 1 aliphatic rings. The highest BCUT2D eigenvalue weighted by Gasteiger charge is 2.30. The molecule has 3 heterocycles. The molecule has 0 bridgehead atoms. The smallest absolute Gasteiger partial charge is 0.275 e. The third-order valence-electron chi connectivity index (χ3n) is 5.64. The van der Waals surface area contributed by atoms with E-state index in [1.54, 1.807) is 13.2 Å². The third kappa shape index (κ3) is 4.13. The summed E-state index contributed by atoms with van der Waals surface area (Å²) in [6, 6.07) is 10.3. The van der Waals surface area contributed by atoms with Crippen LogP contribution in [0.4, 0.5) is 5.13 Å². The predicted molar refractivity (Wildman–Crippen MR) is 116 cm³/mol. The Bertz CT molecular complexity index is 1030. The molecule has 0 amide bonds. The Morgan fingerprint density at radius 1 is 1.31 bits per heavy atom. The van der Waals surface area contributed by atoms with Crippen molar-refractivity contribution < 1.29 is 4.74 Å². The number of benzene rings is 1. The van der Waals surface area contributed by atoms with Gasteiger partial charge < -0.3 is 10.1 Å². The van der Waals surface area contributed by atoms with Crippen molar-refractivity contribution in [1.29, 1.82) is 0 Å². The number of ether oxygens (including phenoxy) is 1. The molecule has 154 valence electrons. The molecule has 1 aromatic carbocycles. The van der Waals surface area contributed by atoms with E-state index >= 15 is 0 Å². The minimum atomic E-state index is -0.121. The first-order chi connectivity index (χ1) is 14.1. The Hall–Kier alpha value is -2.45. The molecular weight excluding hydrogens is 386 g/mol. The number of aromatic nitrogens is 3. The van der Waals surface area contributed by atoms with E-state index in [9.17, 15) is 4.79 Å². The quantitative estimate of drug-likeness (QED) is 0.669. The number of aryl methyl sites for hydroxylation is 1. The fourth-order valence-electron chi connectivity index (χ4n) is 4.13. The number of anilines is 1. The molecule has 0 saturated carbocycles. The van der Waals surface area contributed by atoms with Crippen molar-refractivity contribution >= 4 is 21.4 Å². The molecule has 2 unspecified atom stereocenters. The number of nitrogens with zero attached hydrogens (tertiary/aromatic N) is 4. The van der Waals surface area contributed by atoms with E-state index in [2.05, 4.69) is 39.5 Å². The van der Waals surface area contributed by atoms with Gasteiger partial charge in [-0.1, -0.05) is 30.4 Å². The third-order valence-corrected chi connectivity index (χ3v) is 6.51. The number of methoxy groups -OCH3 is 1. The van der Waals surface area contributed by atoms with Gasteiger partial charge in [0.1, 0.15) is 5.75 Å². The van der Waals surface area contributed by atoms with Gasteiger partial charge in [0.05, 0.1) is 7.11 Å². The lowest BCUT2D eigenvalue weighted by Gasteiger charge is -2.39. The van der Waals surface area contributed by atoms with E-state index in [1.165, 1.54) is 27.8 Å². The van der Waals surface area contributed by atoms with Crippen molar-refractivity contribution in [2.75, 3.05) is 32.6 Å². The van der Waals surface area contributed by atoms with Crippen LogP contribution in [0.15, 0.2) is 35.1 Å². The maximum absolute atomic E-state index is 12.2. The highest BCUT2D eigenvalue weighted by molar-refractivity contribution is 7.20. The summed E-state index contributed by atoms with van der Waals surface area (Å²) in [5.74, 6) is 1.32. The Morgan fingerprint density at radius 2 is 2.10 bits per heavy atom. The number of piperidine rings is 1. The average molecular weight is 414 g/mol. The van der Waals surface area contributed by atoms with Crippen molar-refractivity contribution in [2.45, 2.75) is 32.2 Å². The zero-order valence-electron chi connectivity index (χ0n) is 17.1. The molecule has 2 aromatic heterocycles. The zero-order valence-corrected chi connectivity index (χ0v) is 17.9. The molecule has 2 atom stereocenters. The van der Waals surface area contributed by atoms with Crippen LogP contribution in [-0.4, -0.2) is 46.7 Å². The van der Waals surface area contributed by atoms with Crippen LogP contribution < -0.4 is 15.6 Å². The topological polar surface area (TPSA) is 71.8 Å². The van der Waals surface area contributed by atoms with Gasteiger partial charge in [0, 0.05) is 24.3 Å². The van der Waals surface area contributed by atoms with Crippen molar-refractivity contribution in [3.8, 4) is 5.75 Å². The summed E-state index contributed by atoms with van der Waals surface area (Å²) < 4.78 is 6.69. The van der Waals surface area contributed by atoms with Gasteiger partial charge in [0.25, 0.3) is 5.56 Å². The Balaban J connectivity index is 1.53. The second kappa shape index (κ2) is 8.51. The lowest BCUT2D eigenvalue weighted by molar-refractivity contribution is 0.128. The molecule has 0 spiro atoms. The molecule has 1 aliphatic heterocycles. The highest BCUT2D eigenvalue weighted by Crippen LogP contribution is 2.36. The first kappa shape index (κ1) is 19.8. The number of nitrogens with one attached hydrogen (secondary N) is 1. The largest absolute Gasteiger partial charge is 0.497 e. The van der Waals surface area contributed by atoms with Gasteiger partial charge in [-0.15, -0.1) is 5.10 Å². The minimum absolute atomic E-state index is 0.121. The number of hydrogen-bond donors (Lipinski definition) is 1. The van der Waals surface area contributed by atoms with Crippen LogP contribution in [0.3, 0.4) is 0 Å². The number of likely N-dealkylation sites (tertiary alicyclic amines) is 1. The molecule has 1 saturated heterocycles. The van der Waals surface area contributed by atoms with Gasteiger partial charge in [0.15, 0.2) is 0 Å². The van der Waals surface area contributed by atoms with Crippen LogP contribution in [0.2, 0.25) is 0 Å². The molecule has 1 fully saturated rings. The second-order valence-electron chi connectivity index (χ2n) is 7.52. The maximum atomic E-state index is 12.2. The van der Waals surface area contributed by atoms with E-state index in [4.69, 9.17) is 4.74 Å². The van der Waals surface area contributed by atoms with E-state index in [0.717, 1.165) is 42.5 Å². The van der Waals surface area contributed by atoms with E-state index in [0.29, 0.717) is 16.9 Å². The fraction of sp³-hybridized carbons (Fsp3) is 0.476. The molecular formula is C21H27N5O2S. The highest BCUT2D eigenvalue weighted by atomic mass is 32.1. The van der Waals surface area contributed by atoms with Gasteiger partial charge >= 0.3 is 0 Å². The van der Waals surface area contributed by atoms with E-state index in [1.807, 2.05) is 19.1 Å². The van der Waals surface area contributed by atoms with Crippen molar-refractivity contribution in [3.05, 3.63) is 51.9 Å². The summed E-state index contributed by atoms with van der Waals surface area (Å²) in [6.45, 7) is 3.89. The van der Waals surface area contributed by atoms with Crippen LogP contribution in [0.5, 0.6) is 5.75 Å². The molecule has 7 nitrogen and oxygen atoms in total. The van der Waals surface area contributed by atoms with Crippen molar-refractivity contribution in [2.24, 2.45) is 5.92 Å². The number of hydrogen-bond acceptors (Lipinski definition) is 7. The molecule has 0 radical (unpaired) electrons. The zero-order chi connectivity index (χ0) is 20.4. The molecule has 3 aromatic rings. The fourth-order valence-corrected chi connectivity index (χ4v) is 4.96. The lowest BCUT2D eigenvalue weighted by Crippen LogP contribution is -2.39.